The Morgan fingerprint density at radius 1 is 0.857 bits per heavy atom. The molecule has 0 bridgehead atoms. The fraction of sp³-hybridized carbons (Fsp3) is 0.417. The molecule has 0 spiro atoms. The fourth-order valence-electron chi connectivity index (χ4n) is 3.94. The lowest BCUT2D eigenvalue weighted by molar-refractivity contribution is -0.148. The van der Waals surface area contributed by atoms with Crippen molar-refractivity contribution in [3.63, 3.8) is 0 Å². The Bertz CT molecular complexity index is 752. The lowest BCUT2D eigenvalue weighted by Gasteiger charge is -2.36. The molecule has 0 aliphatic heterocycles. The molecule has 2 aromatic carbocycles. The number of rotatable bonds is 8. The van der Waals surface area contributed by atoms with Crippen molar-refractivity contribution in [3.05, 3.63) is 71.8 Å². The summed E-state index contributed by atoms with van der Waals surface area (Å²) in [5.74, 6) is -0.170. The fourth-order valence-corrected chi connectivity index (χ4v) is 3.94. The van der Waals surface area contributed by atoms with Gasteiger partial charge in [0, 0.05) is 6.54 Å². The molecule has 0 saturated heterocycles. The number of hydrogen-bond donors (Lipinski definition) is 1. The number of nitrogens with one attached hydrogen (secondary N) is 1. The second-order valence-electron chi connectivity index (χ2n) is 7.82. The van der Waals surface area contributed by atoms with E-state index in [1.807, 2.05) is 60.7 Å². The quantitative estimate of drug-likeness (QED) is 0.691. The van der Waals surface area contributed by atoms with Crippen LogP contribution in [0.1, 0.15) is 49.7 Å². The van der Waals surface area contributed by atoms with Gasteiger partial charge < -0.3 is 10.1 Å². The zero-order valence-electron chi connectivity index (χ0n) is 16.4. The Balaban J connectivity index is 1.52. The predicted molar refractivity (Wildman–Crippen MR) is 110 cm³/mol. The molecule has 1 aliphatic rings. The van der Waals surface area contributed by atoms with Crippen LogP contribution >= 0.6 is 0 Å². The van der Waals surface area contributed by atoms with Crippen molar-refractivity contribution >= 4 is 11.9 Å². The number of ether oxygens (including phenoxy) is 1. The summed E-state index contributed by atoms with van der Waals surface area (Å²) in [5, 5.41) is 3.07. The number of hydrogen-bond acceptors (Lipinski definition) is 3. The van der Waals surface area contributed by atoms with Crippen LogP contribution in [0.25, 0.3) is 0 Å². The molecule has 0 unspecified atom stereocenters. The first kappa shape index (κ1) is 20.1. The molecule has 0 heterocycles. The molecule has 1 aliphatic carbocycles. The Kier molecular flexibility index (Phi) is 7.24. The number of amides is 1. The summed E-state index contributed by atoms with van der Waals surface area (Å²) in [7, 11) is 0. The number of esters is 1. The van der Waals surface area contributed by atoms with Gasteiger partial charge in [0.1, 0.15) is 6.61 Å². The Morgan fingerprint density at radius 2 is 1.46 bits per heavy atom. The summed E-state index contributed by atoms with van der Waals surface area (Å²) < 4.78 is 5.51. The largest absolute Gasteiger partial charge is 0.461 e. The number of carbonyl (C=O) groups is 2. The van der Waals surface area contributed by atoms with Crippen LogP contribution in [0.2, 0.25) is 0 Å². The van der Waals surface area contributed by atoms with Gasteiger partial charge in [-0.1, -0.05) is 79.9 Å². The third-order valence-electron chi connectivity index (χ3n) is 5.54. The molecular formula is C24H29NO3. The highest BCUT2D eigenvalue weighted by Crippen LogP contribution is 2.39. The van der Waals surface area contributed by atoms with Crippen LogP contribution in [0.15, 0.2) is 60.7 Å². The molecule has 1 N–H and O–H groups in total. The van der Waals surface area contributed by atoms with Crippen molar-refractivity contribution < 1.29 is 14.3 Å². The lowest BCUT2D eigenvalue weighted by Crippen LogP contribution is -2.41. The topological polar surface area (TPSA) is 55.4 Å². The van der Waals surface area contributed by atoms with Crippen molar-refractivity contribution in [2.24, 2.45) is 5.41 Å². The van der Waals surface area contributed by atoms with Crippen LogP contribution in [-0.2, 0) is 27.4 Å². The Hall–Kier alpha value is -2.62. The normalized spacial score (nSPS) is 15.6. The third kappa shape index (κ3) is 6.22. The van der Waals surface area contributed by atoms with Gasteiger partial charge in [-0.25, -0.2) is 0 Å². The van der Waals surface area contributed by atoms with Gasteiger partial charge in [0.15, 0.2) is 0 Å². The first-order valence-corrected chi connectivity index (χ1v) is 10.2. The second kappa shape index (κ2) is 10.1. The molecule has 0 atom stereocenters. The van der Waals surface area contributed by atoms with E-state index in [0.717, 1.165) is 36.8 Å². The average molecular weight is 380 g/mol. The van der Waals surface area contributed by atoms with Crippen molar-refractivity contribution in [2.45, 2.75) is 51.6 Å². The molecule has 4 heteroatoms. The van der Waals surface area contributed by atoms with Crippen molar-refractivity contribution in [3.8, 4) is 0 Å². The predicted octanol–water partition coefficient (Wildman–Crippen LogP) is 4.43. The Labute approximate surface area is 167 Å². The molecule has 0 aromatic heterocycles. The van der Waals surface area contributed by atoms with Crippen LogP contribution in [0, 0.1) is 5.41 Å². The van der Waals surface area contributed by atoms with Crippen molar-refractivity contribution in [1.82, 2.24) is 5.32 Å². The summed E-state index contributed by atoms with van der Waals surface area (Å²) in [5.41, 5.74) is 1.81. The molecule has 1 saturated carbocycles. The first-order valence-electron chi connectivity index (χ1n) is 10.2. The van der Waals surface area contributed by atoms with Gasteiger partial charge in [-0.3, -0.25) is 9.59 Å². The minimum absolute atomic E-state index is 0.00815. The molecule has 1 amide bonds. The third-order valence-corrected chi connectivity index (χ3v) is 5.54. The summed E-state index contributed by atoms with van der Waals surface area (Å²) in [6.07, 6.45) is 6.04. The van der Waals surface area contributed by atoms with Crippen LogP contribution in [-0.4, -0.2) is 18.4 Å². The maximum atomic E-state index is 12.5. The Morgan fingerprint density at radius 3 is 2.11 bits per heavy atom. The zero-order valence-corrected chi connectivity index (χ0v) is 16.4. The molecular weight excluding hydrogens is 350 g/mol. The SMILES string of the molecule is O=C(Cc1ccccc1)NCC1(CC(=O)OCc2ccccc2)CCCCC1. The number of benzene rings is 2. The number of carbonyl (C=O) groups excluding carboxylic acids is 2. The minimum Gasteiger partial charge on any atom is -0.461 e. The van der Waals surface area contributed by atoms with E-state index in [1.54, 1.807) is 0 Å². The van der Waals surface area contributed by atoms with E-state index in [4.69, 9.17) is 4.74 Å². The van der Waals surface area contributed by atoms with E-state index in [2.05, 4.69) is 5.32 Å². The van der Waals surface area contributed by atoms with E-state index in [9.17, 15) is 9.59 Å². The molecule has 3 rings (SSSR count). The van der Waals surface area contributed by atoms with Gasteiger partial charge in [-0.05, 0) is 29.4 Å². The maximum Gasteiger partial charge on any atom is 0.306 e. The van der Waals surface area contributed by atoms with Gasteiger partial charge in [0.25, 0.3) is 0 Å². The minimum atomic E-state index is -0.182. The first-order chi connectivity index (χ1) is 13.7. The van der Waals surface area contributed by atoms with Gasteiger partial charge in [0.2, 0.25) is 5.91 Å². The van der Waals surface area contributed by atoms with Crippen LogP contribution in [0.3, 0.4) is 0 Å². The molecule has 28 heavy (non-hydrogen) atoms. The van der Waals surface area contributed by atoms with E-state index in [-0.39, 0.29) is 17.3 Å². The van der Waals surface area contributed by atoms with Crippen molar-refractivity contribution in [1.29, 1.82) is 0 Å². The summed E-state index contributed by atoms with van der Waals surface area (Å²) in [6.45, 7) is 0.842. The second-order valence-corrected chi connectivity index (χ2v) is 7.82. The standard InChI is InChI=1S/C24H29NO3/c26-22(16-20-10-4-1-5-11-20)25-19-24(14-8-3-9-15-24)17-23(27)28-18-21-12-6-2-7-13-21/h1-2,4-7,10-13H,3,8-9,14-19H2,(H,25,26). The van der Waals surface area contributed by atoms with E-state index < -0.39 is 0 Å². The summed E-state index contributed by atoms with van der Waals surface area (Å²) in [6, 6.07) is 19.5. The lowest BCUT2D eigenvalue weighted by atomic mass is 9.71. The van der Waals surface area contributed by atoms with Gasteiger partial charge >= 0.3 is 5.97 Å². The highest BCUT2D eigenvalue weighted by Gasteiger charge is 2.35. The maximum absolute atomic E-state index is 12.5. The molecule has 4 nitrogen and oxygen atoms in total. The highest BCUT2D eigenvalue weighted by molar-refractivity contribution is 5.78. The van der Waals surface area contributed by atoms with Crippen LogP contribution in [0.4, 0.5) is 0 Å². The van der Waals surface area contributed by atoms with Gasteiger partial charge in [-0.2, -0.15) is 0 Å². The average Bonchev–Trinajstić information content (AvgIpc) is 2.73. The molecule has 1 fully saturated rings. The van der Waals surface area contributed by atoms with Gasteiger partial charge in [0.05, 0.1) is 12.8 Å². The van der Waals surface area contributed by atoms with Crippen LogP contribution < -0.4 is 5.32 Å². The summed E-state index contributed by atoms with van der Waals surface area (Å²) in [4.78, 5) is 24.9. The highest BCUT2D eigenvalue weighted by atomic mass is 16.5. The monoisotopic (exact) mass is 379 g/mol. The van der Waals surface area contributed by atoms with Crippen LogP contribution in [0.5, 0.6) is 0 Å². The van der Waals surface area contributed by atoms with Gasteiger partial charge in [-0.15, -0.1) is 0 Å². The molecule has 2 aromatic rings. The van der Waals surface area contributed by atoms with E-state index in [1.165, 1.54) is 6.42 Å². The van der Waals surface area contributed by atoms with Crippen molar-refractivity contribution in [2.75, 3.05) is 6.54 Å². The smallest absolute Gasteiger partial charge is 0.306 e. The zero-order chi connectivity index (χ0) is 19.7. The molecule has 0 radical (unpaired) electrons. The summed E-state index contributed by atoms with van der Waals surface area (Å²) >= 11 is 0. The van der Waals surface area contributed by atoms with E-state index in [0.29, 0.717) is 26.0 Å². The molecule has 148 valence electrons. The van der Waals surface area contributed by atoms with E-state index >= 15 is 0 Å².